The van der Waals surface area contributed by atoms with Gasteiger partial charge in [-0.05, 0) is 18.7 Å². The molecule has 0 aromatic carbocycles. The van der Waals surface area contributed by atoms with Gasteiger partial charge in [0, 0.05) is 6.54 Å². The standard InChI is InChI=1S/C8H12ClN3/c1-2-11-5-7-6(9)3-4-8(10)12-7/h3-4,11H,2,5H2,1H3,(H2,10,12). The first-order valence-electron chi connectivity index (χ1n) is 3.85. The molecule has 12 heavy (non-hydrogen) atoms. The summed E-state index contributed by atoms with van der Waals surface area (Å²) in [7, 11) is 0. The van der Waals surface area contributed by atoms with E-state index in [2.05, 4.69) is 10.3 Å². The second-order valence-corrected chi connectivity index (χ2v) is 2.85. The van der Waals surface area contributed by atoms with Crippen LogP contribution in [0.1, 0.15) is 12.6 Å². The van der Waals surface area contributed by atoms with Crippen LogP contribution in [-0.2, 0) is 6.54 Å². The molecule has 0 saturated carbocycles. The van der Waals surface area contributed by atoms with Crippen LogP contribution in [0.3, 0.4) is 0 Å². The molecule has 1 rings (SSSR count). The average Bonchev–Trinajstić information content (AvgIpc) is 2.07. The lowest BCUT2D eigenvalue weighted by Crippen LogP contribution is -2.13. The van der Waals surface area contributed by atoms with Crippen LogP contribution in [0, 0.1) is 0 Å². The molecular formula is C8H12ClN3. The molecule has 66 valence electrons. The van der Waals surface area contributed by atoms with Gasteiger partial charge in [-0.25, -0.2) is 4.98 Å². The zero-order valence-electron chi connectivity index (χ0n) is 6.97. The maximum atomic E-state index is 5.87. The van der Waals surface area contributed by atoms with Crippen LogP contribution in [0.5, 0.6) is 0 Å². The van der Waals surface area contributed by atoms with E-state index in [9.17, 15) is 0 Å². The van der Waals surface area contributed by atoms with Crippen LogP contribution in [0.15, 0.2) is 12.1 Å². The Labute approximate surface area is 76.9 Å². The van der Waals surface area contributed by atoms with Gasteiger partial charge in [-0.2, -0.15) is 0 Å². The maximum absolute atomic E-state index is 5.87. The summed E-state index contributed by atoms with van der Waals surface area (Å²) < 4.78 is 0. The number of pyridine rings is 1. The van der Waals surface area contributed by atoms with Gasteiger partial charge in [-0.15, -0.1) is 0 Å². The molecule has 0 bridgehead atoms. The van der Waals surface area contributed by atoms with E-state index in [4.69, 9.17) is 17.3 Å². The number of anilines is 1. The molecule has 0 atom stereocenters. The summed E-state index contributed by atoms with van der Waals surface area (Å²) in [6.45, 7) is 3.59. The Morgan fingerprint density at radius 1 is 1.58 bits per heavy atom. The molecule has 0 amide bonds. The molecular weight excluding hydrogens is 174 g/mol. The van der Waals surface area contributed by atoms with Crippen molar-refractivity contribution in [2.45, 2.75) is 13.5 Å². The molecule has 1 aromatic rings. The third-order valence-corrected chi connectivity index (χ3v) is 1.83. The monoisotopic (exact) mass is 185 g/mol. The van der Waals surface area contributed by atoms with Crippen molar-refractivity contribution in [2.24, 2.45) is 0 Å². The highest BCUT2D eigenvalue weighted by Crippen LogP contribution is 2.14. The molecule has 1 heterocycles. The van der Waals surface area contributed by atoms with Crippen LogP contribution < -0.4 is 11.1 Å². The normalized spacial score (nSPS) is 10.2. The Kier molecular flexibility index (Phi) is 3.31. The van der Waals surface area contributed by atoms with Crippen molar-refractivity contribution in [3.05, 3.63) is 22.8 Å². The zero-order valence-corrected chi connectivity index (χ0v) is 7.73. The fourth-order valence-corrected chi connectivity index (χ4v) is 1.04. The van der Waals surface area contributed by atoms with Gasteiger partial charge >= 0.3 is 0 Å². The number of nitrogens with one attached hydrogen (secondary N) is 1. The van der Waals surface area contributed by atoms with Crippen LogP contribution >= 0.6 is 11.6 Å². The second-order valence-electron chi connectivity index (χ2n) is 2.44. The minimum Gasteiger partial charge on any atom is -0.384 e. The number of hydrogen-bond donors (Lipinski definition) is 2. The molecule has 0 spiro atoms. The van der Waals surface area contributed by atoms with Crippen molar-refractivity contribution in [3.63, 3.8) is 0 Å². The van der Waals surface area contributed by atoms with E-state index < -0.39 is 0 Å². The lowest BCUT2D eigenvalue weighted by Gasteiger charge is -2.03. The topological polar surface area (TPSA) is 50.9 Å². The summed E-state index contributed by atoms with van der Waals surface area (Å²) in [5.74, 6) is 0.507. The number of rotatable bonds is 3. The lowest BCUT2D eigenvalue weighted by atomic mass is 10.3. The summed E-state index contributed by atoms with van der Waals surface area (Å²) >= 11 is 5.87. The SMILES string of the molecule is CCNCc1nc(N)ccc1Cl. The van der Waals surface area contributed by atoms with Gasteiger partial charge in [-0.3, -0.25) is 0 Å². The van der Waals surface area contributed by atoms with E-state index in [1.807, 2.05) is 6.92 Å². The Morgan fingerprint density at radius 3 is 3.00 bits per heavy atom. The van der Waals surface area contributed by atoms with Gasteiger partial charge in [0.2, 0.25) is 0 Å². The van der Waals surface area contributed by atoms with Crippen molar-refractivity contribution >= 4 is 17.4 Å². The lowest BCUT2D eigenvalue weighted by molar-refractivity contribution is 0.712. The first-order chi connectivity index (χ1) is 5.74. The van der Waals surface area contributed by atoms with E-state index in [0.29, 0.717) is 17.4 Å². The molecule has 1 aromatic heterocycles. The maximum Gasteiger partial charge on any atom is 0.123 e. The smallest absolute Gasteiger partial charge is 0.123 e. The van der Waals surface area contributed by atoms with Gasteiger partial charge in [0.1, 0.15) is 5.82 Å². The summed E-state index contributed by atoms with van der Waals surface area (Å²) in [5, 5.41) is 3.79. The summed E-state index contributed by atoms with van der Waals surface area (Å²) in [4.78, 5) is 4.09. The molecule has 0 radical (unpaired) electrons. The third kappa shape index (κ3) is 2.36. The zero-order chi connectivity index (χ0) is 8.97. The Balaban J connectivity index is 2.75. The number of hydrogen-bond acceptors (Lipinski definition) is 3. The van der Waals surface area contributed by atoms with Crippen LogP contribution in [0.4, 0.5) is 5.82 Å². The van der Waals surface area contributed by atoms with Crippen molar-refractivity contribution in [1.29, 1.82) is 0 Å². The summed E-state index contributed by atoms with van der Waals surface area (Å²) in [6.07, 6.45) is 0. The molecule has 0 fully saturated rings. The van der Waals surface area contributed by atoms with Gasteiger partial charge in [0.05, 0.1) is 10.7 Å². The predicted molar refractivity (Wildman–Crippen MR) is 51.0 cm³/mol. The first-order valence-corrected chi connectivity index (χ1v) is 4.23. The van der Waals surface area contributed by atoms with Crippen LogP contribution in [0.2, 0.25) is 5.02 Å². The average molecular weight is 186 g/mol. The van der Waals surface area contributed by atoms with Crippen molar-refractivity contribution in [1.82, 2.24) is 10.3 Å². The quantitative estimate of drug-likeness (QED) is 0.749. The van der Waals surface area contributed by atoms with Crippen molar-refractivity contribution in [2.75, 3.05) is 12.3 Å². The fraction of sp³-hybridized carbons (Fsp3) is 0.375. The first kappa shape index (κ1) is 9.29. The van der Waals surface area contributed by atoms with Gasteiger partial charge in [0.15, 0.2) is 0 Å². The fourth-order valence-electron chi connectivity index (χ4n) is 0.869. The highest BCUT2D eigenvalue weighted by Gasteiger charge is 2.00. The second kappa shape index (κ2) is 4.28. The number of aromatic nitrogens is 1. The molecule has 0 aliphatic heterocycles. The molecule has 0 saturated heterocycles. The molecule has 0 aliphatic rings. The molecule has 0 aliphatic carbocycles. The molecule has 3 nitrogen and oxygen atoms in total. The summed E-state index contributed by atoms with van der Waals surface area (Å²) in [6, 6.07) is 3.45. The summed E-state index contributed by atoms with van der Waals surface area (Å²) in [5.41, 5.74) is 6.31. The van der Waals surface area contributed by atoms with Gasteiger partial charge in [-0.1, -0.05) is 18.5 Å². The largest absolute Gasteiger partial charge is 0.384 e. The minimum atomic E-state index is 0.507. The van der Waals surface area contributed by atoms with E-state index in [-0.39, 0.29) is 0 Å². The Bertz CT molecular complexity index is 262. The molecule has 4 heteroatoms. The Hall–Kier alpha value is -0.800. The van der Waals surface area contributed by atoms with Crippen molar-refractivity contribution in [3.8, 4) is 0 Å². The van der Waals surface area contributed by atoms with Gasteiger partial charge < -0.3 is 11.1 Å². The van der Waals surface area contributed by atoms with E-state index in [1.165, 1.54) is 0 Å². The number of nitrogens with two attached hydrogens (primary N) is 1. The van der Waals surface area contributed by atoms with E-state index in [0.717, 1.165) is 12.2 Å². The van der Waals surface area contributed by atoms with Gasteiger partial charge in [0.25, 0.3) is 0 Å². The van der Waals surface area contributed by atoms with Crippen LogP contribution in [0.25, 0.3) is 0 Å². The van der Waals surface area contributed by atoms with Crippen molar-refractivity contribution < 1.29 is 0 Å². The predicted octanol–water partition coefficient (Wildman–Crippen LogP) is 1.43. The highest BCUT2D eigenvalue weighted by atomic mass is 35.5. The minimum absolute atomic E-state index is 0.507. The van der Waals surface area contributed by atoms with E-state index in [1.54, 1.807) is 12.1 Å². The number of nitrogens with zero attached hydrogens (tertiary/aromatic N) is 1. The highest BCUT2D eigenvalue weighted by molar-refractivity contribution is 6.31. The van der Waals surface area contributed by atoms with E-state index >= 15 is 0 Å². The molecule has 3 N–H and O–H groups in total. The number of nitrogen functional groups attached to an aromatic ring is 1. The third-order valence-electron chi connectivity index (χ3n) is 1.48. The molecule has 0 unspecified atom stereocenters. The van der Waals surface area contributed by atoms with Crippen LogP contribution in [-0.4, -0.2) is 11.5 Å². The number of halogens is 1. The Morgan fingerprint density at radius 2 is 2.33 bits per heavy atom.